The Bertz CT molecular complexity index is 232. The molecular weight excluding hydrogens is 243 g/mol. The molecule has 0 saturated carbocycles. The second-order valence-corrected chi connectivity index (χ2v) is 4.29. The predicted octanol–water partition coefficient (Wildman–Crippen LogP) is 1.20. The monoisotopic (exact) mass is 257 g/mol. The van der Waals surface area contributed by atoms with E-state index in [-0.39, 0.29) is 44.5 Å². The number of rotatable bonds is 0. The number of likely N-dealkylation sites (tertiary alicyclic amines) is 1. The van der Waals surface area contributed by atoms with Crippen LogP contribution in [-0.4, -0.2) is 16.7 Å². The molecule has 1 aliphatic rings. The quantitative estimate of drug-likeness (QED) is 0.483. The van der Waals surface area contributed by atoms with E-state index in [0.29, 0.717) is 0 Å². The second kappa shape index (κ2) is 3.43. The summed E-state index contributed by atoms with van der Waals surface area (Å²) in [5.74, 6) is -0.394. The van der Waals surface area contributed by atoms with Crippen molar-refractivity contribution in [3.8, 4) is 0 Å². The van der Waals surface area contributed by atoms with Crippen LogP contribution in [0.2, 0.25) is 0 Å². The van der Waals surface area contributed by atoms with Gasteiger partial charge < -0.3 is 4.90 Å². The standard InChI is InChI=1S/C9H14NO2.Y/c1-8(2)6(11)10(5)7(12)9(8,3)4;/h5H2,1-4H3;/q-1;+3. The number of carbonyl (C=O) groups excluding carboxylic acids is 2. The molecule has 0 bridgehead atoms. The van der Waals surface area contributed by atoms with Crippen molar-refractivity contribution in [1.82, 2.24) is 4.90 Å². The fourth-order valence-corrected chi connectivity index (χ4v) is 1.30. The fourth-order valence-electron chi connectivity index (χ4n) is 1.30. The minimum Gasteiger partial charge on any atom is -0.437 e. The maximum absolute atomic E-state index is 11.5. The predicted molar refractivity (Wildman–Crippen MR) is 44.8 cm³/mol. The Labute approximate surface area is 104 Å². The average Bonchev–Trinajstić information content (AvgIpc) is 2.05. The Balaban J connectivity index is 0.00000144. The van der Waals surface area contributed by atoms with E-state index in [1.54, 1.807) is 27.7 Å². The summed E-state index contributed by atoms with van der Waals surface area (Å²) in [4.78, 5) is 24.0. The molecule has 2 amide bonds. The van der Waals surface area contributed by atoms with Gasteiger partial charge in [0.1, 0.15) is 0 Å². The van der Waals surface area contributed by atoms with E-state index in [2.05, 4.69) is 7.05 Å². The van der Waals surface area contributed by atoms with Gasteiger partial charge in [-0.2, -0.15) is 0 Å². The van der Waals surface area contributed by atoms with Crippen molar-refractivity contribution in [3.05, 3.63) is 7.05 Å². The van der Waals surface area contributed by atoms with Gasteiger partial charge in [-0.3, -0.25) is 9.59 Å². The summed E-state index contributed by atoms with van der Waals surface area (Å²) in [5.41, 5.74) is -1.27. The molecule has 1 fully saturated rings. The Morgan fingerprint density at radius 1 is 1.00 bits per heavy atom. The molecule has 3 nitrogen and oxygen atoms in total. The number of amides is 2. The molecule has 1 rings (SSSR count). The summed E-state index contributed by atoms with van der Waals surface area (Å²) >= 11 is 0. The molecule has 68 valence electrons. The first-order chi connectivity index (χ1) is 5.23. The largest absolute Gasteiger partial charge is 3.00 e. The Hall–Kier alpha value is 0.244. The number of imide groups is 1. The topological polar surface area (TPSA) is 37.4 Å². The summed E-state index contributed by atoms with van der Waals surface area (Å²) < 4.78 is 0. The molecule has 1 saturated heterocycles. The van der Waals surface area contributed by atoms with Crippen LogP contribution in [0.5, 0.6) is 0 Å². The van der Waals surface area contributed by atoms with E-state index in [1.807, 2.05) is 0 Å². The van der Waals surface area contributed by atoms with Gasteiger partial charge in [-0.05, 0) is 0 Å². The van der Waals surface area contributed by atoms with Crippen LogP contribution < -0.4 is 0 Å². The Kier molecular flexibility index (Phi) is 3.49. The van der Waals surface area contributed by atoms with Crippen molar-refractivity contribution >= 4 is 11.8 Å². The molecule has 1 aliphatic heterocycles. The van der Waals surface area contributed by atoms with Crippen LogP contribution in [0.25, 0.3) is 0 Å². The number of carbonyl (C=O) groups is 2. The summed E-state index contributed by atoms with van der Waals surface area (Å²) in [6.45, 7) is 7.10. The molecule has 0 aromatic rings. The van der Waals surface area contributed by atoms with E-state index in [1.165, 1.54) is 0 Å². The zero-order valence-corrected chi connectivity index (χ0v) is 11.4. The van der Waals surface area contributed by atoms with E-state index < -0.39 is 10.8 Å². The van der Waals surface area contributed by atoms with Crippen molar-refractivity contribution in [3.63, 3.8) is 0 Å². The van der Waals surface area contributed by atoms with E-state index in [4.69, 9.17) is 0 Å². The molecule has 13 heavy (non-hydrogen) atoms. The fraction of sp³-hybridized carbons (Fsp3) is 0.667. The maximum Gasteiger partial charge on any atom is 3.00 e. The molecule has 0 spiro atoms. The number of nitrogens with zero attached hydrogens (tertiary/aromatic N) is 1. The number of hydrogen-bond donors (Lipinski definition) is 0. The van der Waals surface area contributed by atoms with Gasteiger partial charge >= 0.3 is 32.7 Å². The Morgan fingerprint density at radius 2 is 1.23 bits per heavy atom. The molecule has 0 atom stereocenters. The van der Waals surface area contributed by atoms with Gasteiger partial charge in [0.25, 0.3) is 0 Å². The molecular formula is C9H14NO2Y+2. The molecule has 0 aromatic carbocycles. The SMILES string of the molecule is [CH2-]N1C(=O)C(C)(C)C(C)(C)C1=O.[Y+3]. The van der Waals surface area contributed by atoms with Crippen LogP contribution in [0.15, 0.2) is 0 Å². The first-order valence-electron chi connectivity index (χ1n) is 3.92. The third-order valence-electron chi connectivity index (χ3n) is 3.12. The Morgan fingerprint density at radius 3 is 1.31 bits per heavy atom. The first kappa shape index (κ1) is 13.2. The molecule has 0 radical (unpaired) electrons. The van der Waals surface area contributed by atoms with Gasteiger partial charge in [0, 0.05) is 0 Å². The van der Waals surface area contributed by atoms with Gasteiger partial charge in [0.15, 0.2) is 0 Å². The zero-order valence-electron chi connectivity index (χ0n) is 8.55. The molecule has 0 aliphatic carbocycles. The zero-order chi connectivity index (χ0) is 9.73. The van der Waals surface area contributed by atoms with Crippen molar-refractivity contribution in [2.75, 3.05) is 0 Å². The van der Waals surface area contributed by atoms with Crippen LogP contribution in [0, 0.1) is 17.9 Å². The molecule has 4 heteroatoms. The summed E-state index contributed by atoms with van der Waals surface area (Å²) in [7, 11) is 3.43. The van der Waals surface area contributed by atoms with Crippen LogP contribution >= 0.6 is 0 Å². The average molecular weight is 257 g/mol. The van der Waals surface area contributed by atoms with Gasteiger partial charge in [-0.1, -0.05) is 27.7 Å². The second-order valence-electron chi connectivity index (χ2n) is 4.29. The van der Waals surface area contributed by atoms with E-state index in [9.17, 15) is 9.59 Å². The third kappa shape index (κ3) is 1.50. The van der Waals surface area contributed by atoms with Gasteiger partial charge in [0.05, 0.1) is 10.8 Å². The minimum atomic E-state index is -0.633. The van der Waals surface area contributed by atoms with Gasteiger partial charge in [-0.15, -0.1) is 0 Å². The molecule has 0 N–H and O–H groups in total. The van der Waals surface area contributed by atoms with Crippen molar-refractivity contribution in [2.45, 2.75) is 27.7 Å². The summed E-state index contributed by atoms with van der Waals surface area (Å²) in [6, 6.07) is 0. The molecule has 0 aromatic heterocycles. The van der Waals surface area contributed by atoms with Crippen LogP contribution in [0.4, 0.5) is 0 Å². The molecule has 0 unspecified atom stereocenters. The summed E-state index contributed by atoms with van der Waals surface area (Å²) in [5, 5.41) is 0. The third-order valence-corrected chi connectivity index (χ3v) is 3.12. The smallest absolute Gasteiger partial charge is 0.437 e. The van der Waals surface area contributed by atoms with Crippen molar-refractivity contribution in [1.29, 1.82) is 0 Å². The normalized spacial score (nSPS) is 24.5. The van der Waals surface area contributed by atoms with Gasteiger partial charge in [-0.25, -0.2) is 7.05 Å². The van der Waals surface area contributed by atoms with Crippen LogP contribution in [0.3, 0.4) is 0 Å². The summed E-state index contributed by atoms with van der Waals surface area (Å²) in [6.07, 6.45) is 0. The van der Waals surface area contributed by atoms with Crippen molar-refractivity contribution < 1.29 is 42.3 Å². The first-order valence-corrected chi connectivity index (χ1v) is 3.92. The molecule has 1 heterocycles. The van der Waals surface area contributed by atoms with E-state index in [0.717, 1.165) is 4.90 Å². The minimum absolute atomic E-state index is 0. The van der Waals surface area contributed by atoms with E-state index >= 15 is 0 Å². The van der Waals surface area contributed by atoms with Gasteiger partial charge in [0.2, 0.25) is 11.8 Å². The van der Waals surface area contributed by atoms with Crippen molar-refractivity contribution in [2.24, 2.45) is 10.8 Å². The number of hydrogen-bond acceptors (Lipinski definition) is 2. The van der Waals surface area contributed by atoms with Crippen LogP contribution in [0.1, 0.15) is 27.7 Å². The maximum atomic E-state index is 11.5. The van der Waals surface area contributed by atoms with Crippen LogP contribution in [-0.2, 0) is 42.3 Å².